The number of esters is 1. The number of amides is 1. The fraction of sp³-hybridized carbons (Fsp3) is 0.391. The molecule has 2 aromatic carbocycles. The zero-order valence-electron chi connectivity index (χ0n) is 18.1. The van der Waals surface area contributed by atoms with Crippen molar-refractivity contribution in [2.75, 3.05) is 24.4 Å². The normalized spacial score (nSPS) is 14.9. The van der Waals surface area contributed by atoms with Crippen LogP contribution in [0.3, 0.4) is 0 Å². The van der Waals surface area contributed by atoms with E-state index in [1.165, 1.54) is 24.3 Å². The van der Waals surface area contributed by atoms with Crippen LogP contribution in [0.15, 0.2) is 47.4 Å². The third-order valence-corrected chi connectivity index (χ3v) is 6.99. The van der Waals surface area contributed by atoms with E-state index in [0.717, 1.165) is 18.4 Å². The summed E-state index contributed by atoms with van der Waals surface area (Å²) in [5.74, 6) is -0.210. The molecule has 0 saturated carbocycles. The van der Waals surface area contributed by atoms with Gasteiger partial charge in [-0.2, -0.15) is 0 Å². The minimum atomic E-state index is -3.75. The van der Waals surface area contributed by atoms with E-state index in [1.54, 1.807) is 24.0 Å². The first-order valence-corrected chi connectivity index (χ1v) is 11.8. The van der Waals surface area contributed by atoms with Crippen LogP contribution in [0.25, 0.3) is 0 Å². The van der Waals surface area contributed by atoms with Crippen molar-refractivity contribution in [3.63, 3.8) is 0 Å². The van der Waals surface area contributed by atoms with E-state index in [2.05, 4.69) is 11.6 Å². The lowest BCUT2D eigenvalue weighted by Gasteiger charge is -2.30. The topological polar surface area (TPSA) is 92.8 Å². The Morgan fingerprint density at radius 3 is 2.35 bits per heavy atom. The predicted molar refractivity (Wildman–Crippen MR) is 118 cm³/mol. The molecule has 0 aromatic heterocycles. The van der Waals surface area contributed by atoms with E-state index in [-0.39, 0.29) is 23.0 Å². The second-order valence-electron chi connectivity index (χ2n) is 8.09. The van der Waals surface area contributed by atoms with Gasteiger partial charge in [0.15, 0.2) is 6.61 Å². The molecule has 0 aliphatic carbocycles. The molecule has 1 aliphatic heterocycles. The maximum absolute atomic E-state index is 12.7. The van der Waals surface area contributed by atoms with Crippen molar-refractivity contribution in [1.29, 1.82) is 0 Å². The molecule has 3 rings (SSSR count). The first-order valence-electron chi connectivity index (χ1n) is 10.3. The van der Waals surface area contributed by atoms with Crippen LogP contribution in [0.2, 0.25) is 0 Å². The fourth-order valence-corrected chi connectivity index (χ4v) is 4.83. The lowest BCUT2D eigenvalue weighted by Crippen LogP contribution is -2.40. The maximum atomic E-state index is 12.7. The molecule has 1 N–H and O–H groups in total. The first kappa shape index (κ1) is 22.8. The van der Waals surface area contributed by atoms with Gasteiger partial charge in [0.2, 0.25) is 0 Å². The largest absolute Gasteiger partial charge is 0.452 e. The molecule has 1 saturated heterocycles. The van der Waals surface area contributed by atoms with Gasteiger partial charge >= 0.3 is 5.97 Å². The molecule has 8 heteroatoms. The first-order chi connectivity index (χ1) is 14.7. The van der Waals surface area contributed by atoms with Gasteiger partial charge in [0.1, 0.15) is 0 Å². The van der Waals surface area contributed by atoms with Gasteiger partial charge in [0.25, 0.3) is 15.9 Å². The molecule has 2 aromatic rings. The van der Waals surface area contributed by atoms with Gasteiger partial charge in [-0.05, 0) is 74.1 Å². The van der Waals surface area contributed by atoms with Gasteiger partial charge in [-0.3, -0.25) is 9.52 Å². The number of carbonyl (C=O) groups excluding carboxylic acids is 2. The Morgan fingerprint density at radius 2 is 1.71 bits per heavy atom. The Morgan fingerprint density at radius 1 is 1.06 bits per heavy atom. The van der Waals surface area contributed by atoms with E-state index < -0.39 is 16.0 Å². The van der Waals surface area contributed by atoms with Crippen molar-refractivity contribution in [3.05, 3.63) is 59.2 Å². The second kappa shape index (κ2) is 9.51. The minimum Gasteiger partial charge on any atom is -0.452 e. The molecule has 0 atom stereocenters. The molecule has 0 spiro atoms. The number of hydrogen-bond acceptors (Lipinski definition) is 5. The highest BCUT2D eigenvalue weighted by molar-refractivity contribution is 7.92. The molecule has 0 bridgehead atoms. The summed E-state index contributed by atoms with van der Waals surface area (Å²) in [7, 11) is -3.75. The summed E-state index contributed by atoms with van der Waals surface area (Å²) in [5.41, 5.74) is 2.06. The molecule has 1 amide bonds. The average molecular weight is 445 g/mol. The molecule has 166 valence electrons. The van der Waals surface area contributed by atoms with Crippen LogP contribution in [0.1, 0.15) is 41.3 Å². The molecule has 0 unspecified atom stereocenters. The second-order valence-corrected chi connectivity index (χ2v) is 9.74. The number of nitrogens with one attached hydrogen (secondary N) is 1. The zero-order chi connectivity index (χ0) is 22.6. The quantitative estimate of drug-likeness (QED) is 0.688. The molecular weight excluding hydrogens is 416 g/mol. The number of anilines is 1. The highest BCUT2D eigenvalue weighted by atomic mass is 32.2. The van der Waals surface area contributed by atoms with Crippen LogP contribution < -0.4 is 4.72 Å². The average Bonchev–Trinajstić information content (AvgIpc) is 2.74. The Labute approximate surface area is 183 Å². The Balaban J connectivity index is 1.58. The Bertz CT molecular complexity index is 1060. The number of piperidine rings is 1. The standard InChI is InChI=1S/C23H28N2O5S/c1-16-10-12-25(13-11-16)22(26)15-30-23(27)19-6-8-20(9-7-19)24-31(28,29)21-14-17(2)4-5-18(21)3/h4-9,14,16,24H,10-13,15H2,1-3H3. The van der Waals surface area contributed by atoms with Crippen molar-refractivity contribution >= 4 is 27.6 Å². The molecule has 1 aliphatic rings. The van der Waals surface area contributed by atoms with Gasteiger partial charge in [-0.15, -0.1) is 0 Å². The monoisotopic (exact) mass is 444 g/mol. The van der Waals surface area contributed by atoms with Gasteiger partial charge in [-0.25, -0.2) is 13.2 Å². The number of ether oxygens (including phenoxy) is 1. The van der Waals surface area contributed by atoms with E-state index >= 15 is 0 Å². The number of likely N-dealkylation sites (tertiary alicyclic amines) is 1. The number of sulfonamides is 1. The number of nitrogens with zero attached hydrogens (tertiary/aromatic N) is 1. The van der Waals surface area contributed by atoms with E-state index in [0.29, 0.717) is 30.3 Å². The van der Waals surface area contributed by atoms with Gasteiger partial charge < -0.3 is 9.64 Å². The molecule has 7 nitrogen and oxygen atoms in total. The predicted octanol–water partition coefficient (Wildman–Crippen LogP) is 3.52. The van der Waals surface area contributed by atoms with Gasteiger partial charge in [0.05, 0.1) is 10.5 Å². The number of rotatable bonds is 6. The Hall–Kier alpha value is -2.87. The van der Waals surface area contributed by atoms with Crippen molar-refractivity contribution in [2.45, 2.75) is 38.5 Å². The summed E-state index contributed by atoms with van der Waals surface area (Å²) in [4.78, 5) is 26.4. The third-order valence-electron chi connectivity index (χ3n) is 5.47. The smallest absolute Gasteiger partial charge is 0.338 e. The number of hydrogen-bond donors (Lipinski definition) is 1. The zero-order valence-corrected chi connectivity index (χ0v) is 18.9. The minimum absolute atomic E-state index is 0.196. The molecule has 1 heterocycles. The van der Waals surface area contributed by atoms with Gasteiger partial charge in [0, 0.05) is 18.8 Å². The number of benzene rings is 2. The summed E-state index contributed by atoms with van der Waals surface area (Å²) in [6.07, 6.45) is 1.91. The summed E-state index contributed by atoms with van der Waals surface area (Å²) in [5, 5.41) is 0. The van der Waals surface area contributed by atoms with Crippen LogP contribution in [-0.4, -0.2) is 44.9 Å². The van der Waals surface area contributed by atoms with Gasteiger partial charge in [-0.1, -0.05) is 19.1 Å². The van der Waals surface area contributed by atoms with Crippen molar-refractivity contribution in [1.82, 2.24) is 4.90 Å². The van der Waals surface area contributed by atoms with Crippen molar-refractivity contribution in [2.24, 2.45) is 5.92 Å². The molecule has 1 fully saturated rings. The summed E-state index contributed by atoms with van der Waals surface area (Å²) < 4.78 is 33.1. The van der Waals surface area contributed by atoms with Crippen LogP contribution in [-0.2, 0) is 19.6 Å². The number of aryl methyl sites for hydroxylation is 2. The summed E-state index contributed by atoms with van der Waals surface area (Å²) >= 11 is 0. The van der Waals surface area contributed by atoms with Crippen molar-refractivity contribution < 1.29 is 22.7 Å². The molecule has 0 radical (unpaired) electrons. The van der Waals surface area contributed by atoms with Crippen LogP contribution in [0.4, 0.5) is 5.69 Å². The van der Waals surface area contributed by atoms with E-state index in [9.17, 15) is 18.0 Å². The summed E-state index contributed by atoms with van der Waals surface area (Å²) in [6.45, 7) is 6.80. The van der Waals surface area contributed by atoms with E-state index in [1.807, 2.05) is 13.0 Å². The van der Waals surface area contributed by atoms with Crippen LogP contribution in [0, 0.1) is 19.8 Å². The highest BCUT2D eigenvalue weighted by Crippen LogP contribution is 2.21. The lowest BCUT2D eigenvalue weighted by atomic mass is 9.99. The van der Waals surface area contributed by atoms with Crippen molar-refractivity contribution in [3.8, 4) is 0 Å². The highest BCUT2D eigenvalue weighted by Gasteiger charge is 2.22. The SMILES string of the molecule is Cc1ccc(C)c(S(=O)(=O)Nc2ccc(C(=O)OCC(=O)N3CCC(C)CC3)cc2)c1. The number of carbonyl (C=O) groups is 2. The fourth-order valence-electron chi connectivity index (χ4n) is 3.44. The van der Waals surface area contributed by atoms with Crippen LogP contribution in [0.5, 0.6) is 0 Å². The summed E-state index contributed by atoms with van der Waals surface area (Å²) in [6, 6.07) is 11.1. The maximum Gasteiger partial charge on any atom is 0.338 e. The van der Waals surface area contributed by atoms with E-state index in [4.69, 9.17) is 4.74 Å². The molecule has 31 heavy (non-hydrogen) atoms. The molecular formula is C23H28N2O5S. The third kappa shape index (κ3) is 5.85. The van der Waals surface area contributed by atoms with Crippen LogP contribution >= 0.6 is 0 Å². The lowest BCUT2D eigenvalue weighted by molar-refractivity contribution is -0.135. The Kier molecular flexibility index (Phi) is 7.00.